The summed E-state index contributed by atoms with van der Waals surface area (Å²) in [6.07, 6.45) is 1.50. The summed E-state index contributed by atoms with van der Waals surface area (Å²) in [5, 5.41) is 2.98. The predicted molar refractivity (Wildman–Crippen MR) is 115 cm³/mol. The van der Waals surface area contributed by atoms with E-state index in [1.54, 1.807) is 12.1 Å². The Labute approximate surface area is 168 Å². The van der Waals surface area contributed by atoms with Gasteiger partial charge in [-0.25, -0.2) is 8.42 Å². The fourth-order valence-electron chi connectivity index (χ4n) is 3.18. The van der Waals surface area contributed by atoms with Crippen LogP contribution in [-0.4, -0.2) is 26.6 Å². The average Bonchev–Trinajstić information content (AvgIpc) is 2.61. The number of benzene rings is 2. The summed E-state index contributed by atoms with van der Waals surface area (Å²) in [6.45, 7) is 9.73. The molecule has 2 atom stereocenters. The van der Waals surface area contributed by atoms with Gasteiger partial charge in [0.2, 0.25) is 15.9 Å². The van der Waals surface area contributed by atoms with Gasteiger partial charge in [0.05, 0.1) is 18.0 Å². The van der Waals surface area contributed by atoms with Crippen LogP contribution < -0.4 is 9.62 Å². The lowest BCUT2D eigenvalue weighted by Crippen LogP contribution is -2.49. The van der Waals surface area contributed by atoms with Crippen LogP contribution in [0.4, 0.5) is 5.69 Å². The summed E-state index contributed by atoms with van der Waals surface area (Å²) in [4.78, 5) is 13.0. The van der Waals surface area contributed by atoms with E-state index in [1.807, 2.05) is 58.9 Å². The molecule has 152 valence electrons. The molecular formula is C22H30N2O3S. The highest BCUT2D eigenvalue weighted by Crippen LogP contribution is 2.24. The minimum absolute atomic E-state index is 0.222. The van der Waals surface area contributed by atoms with E-state index >= 15 is 0 Å². The zero-order valence-corrected chi connectivity index (χ0v) is 18.3. The molecule has 0 aromatic heterocycles. The summed E-state index contributed by atoms with van der Waals surface area (Å²) >= 11 is 0. The van der Waals surface area contributed by atoms with E-state index in [9.17, 15) is 13.2 Å². The van der Waals surface area contributed by atoms with E-state index in [1.165, 1.54) is 9.87 Å². The summed E-state index contributed by atoms with van der Waals surface area (Å²) < 4.78 is 26.2. The monoisotopic (exact) mass is 402 g/mol. The smallest absolute Gasteiger partial charge is 0.244 e. The van der Waals surface area contributed by atoms with Crippen molar-refractivity contribution in [2.75, 3.05) is 10.6 Å². The highest BCUT2D eigenvalue weighted by molar-refractivity contribution is 7.92. The second kappa shape index (κ2) is 8.78. The first-order valence-corrected chi connectivity index (χ1v) is 11.3. The molecule has 0 saturated carbocycles. The average molecular weight is 403 g/mol. The van der Waals surface area contributed by atoms with Gasteiger partial charge in [-0.3, -0.25) is 9.10 Å². The van der Waals surface area contributed by atoms with E-state index in [-0.39, 0.29) is 11.9 Å². The molecule has 6 heteroatoms. The number of nitrogens with one attached hydrogen (secondary N) is 1. The number of carbonyl (C=O) groups is 1. The van der Waals surface area contributed by atoms with Crippen LogP contribution in [0.25, 0.3) is 0 Å². The van der Waals surface area contributed by atoms with Crippen molar-refractivity contribution in [3.63, 3.8) is 0 Å². The topological polar surface area (TPSA) is 66.5 Å². The molecule has 28 heavy (non-hydrogen) atoms. The summed E-state index contributed by atoms with van der Waals surface area (Å²) in [5.41, 5.74) is 4.86. The highest BCUT2D eigenvalue weighted by Gasteiger charge is 2.32. The Hall–Kier alpha value is -2.34. The van der Waals surface area contributed by atoms with Crippen LogP contribution in [0.1, 0.15) is 48.6 Å². The molecule has 0 spiro atoms. The zero-order valence-electron chi connectivity index (χ0n) is 17.5. The van der Waals surface area contributed by atoms with Gasteiger partial charge in [0.25, 0.3) is 0 Å². The Morgan fingerprint density at radius 3 is 2.14 bits per heavy atom. The first kappa shape index (κ1) is 22.0. The number of anilines is 1. The van der Waals surface area contributed by atoms with Crippen molar-refractivity contribution in [2.24, 2.45) is 0 Å². The number of hydrogen-bond donors (Lipinski definition) is 1. The number of rotatable bonds is 7. The van der Waals surface area contributed by atoms with Gasteiger partial charge in [-0.15, -0.1) is 0 Å². The Kier molecular flexibility index (Phi) is 6.88. The third-order valence-corrected chi connectivity index (χ3v) is 6.19. The third kappa shape index (κ3) is 5.13. The molecule has 0 radical (unpaired) electrons. The molecule has 2 rings (SSSR count). The first-order chi connectivity index (χ1) is 13.0. The van der Waals surface area contributed by atoms with Crippen molar-refractivity contribution in [1.82, 2.24) is 5.32 Å². The maximum Gasteiger partial charge on any atom is 0.244 e. The zero-order chi connectivity index (χ0) is 21.1. The largest absolute Gasteiger partial charge is 0.348 e. The molecule has 0 saturated heterocycles. The van der Waals surface area contributed by atoms with Crippen LogP contribution in [-0.2, 0) is 14.8 Å². The van der Waals surface area contributed by atoms with Crippen LogP contribution in [0, 0.1) is 20.8 Å². The number of aryl methyl sites for hydroxylation is 3. The molecule has 5 nitrogen and oxygen atoms in total. The molecule has 0 fully saturated rings. The number of hydrogen-bond acceptors (Lipinski definition) is 3. The van der Waals surface area contributed by atoms with Gasteiger partial charge in [-0.05, 0) is 62.9 Å². The molecule has 0 unspecified atom stereocenters. The number of nitrogens with zero attached hydrogens (tertiary/aromatic N) is 1. The molecule has 0 bridgehead atoms. The standard InChI is InChI=1S/C22H30N2O3S/c1-7-21(24(28(6,26)27)20-12-8-15(2)9-13-20)22(25)23-18(5)19-11-10-16(3)17(4)14-19/h8-14,18,21H,7H2,1-6H3,(H,23,25)/t18-,21+/m1/s1. The SMILES string of the molecule is CC[C@@H](C(=O)N[C@H](C)c1ccc(C)c(C)c1)N(c1ccc(C)cc1)S(C)(=O)=O. The first-order valence-electron chi connectivity index (χ1n) is 9.48. The molecule has 0 aliphatic heterocycles. The van der Waals surface area contributed by atoms with Crippen molar-refractivity contribution >= 4 is 21.6 Å². The number of sulfonamides is 1. The van der Waals surface area contributed by atoms with Crippen molar-refractivity contribution in [3.05, 3.63) is 64.7 Å². The maximum atomic E-state index is 13.0. The lowest BCUT2D eigenvalue weighted by Gasteiger charge is -2.31. The van der Waals surface area contributed by atoms with Gasteiger partial charge in [0, 0.05) is 0 Å². The predicted octanol–water partition coefficient (Wildman–Crippen LogP) is 4.03. The van der Waals surface area contributed by atoms with Crippen molar-refractivity contribution in [1.29, 1.82) is 0 Å². The molecule has 2 aromatic rings. The van der Waals surface area contributed by atoms with Gasteiger partial charge in [-0.2, -0.15) is 0 Å². The van der Waals surface area contributed by atoms with Gasteiger partial charge in [0.15, 0.2) is 0 Å². The van der Waals surface area contributed by atoms with E-state index in [4.69, 9.17) is 0 Å². The van der Waals surface area contributed by atoms with Gasteiger partial charge in [0.1, 0.15) is 6.04 Å². The van der Waals surface area contributed by atoms with Crippen molar-refractivity contribution in [3.8, 4) is 0 Å². The maximum absolute atomic E-state index is 13.0. The summed E-state index contributed by atoms with van der Waals surface area (Å²) in [6, 6.07) is 12.2. The van der Waals surface area contributed by atoms with Gasteiger partial charge >= 0.3 is 0 Å². The van der Waals surface area contributed by atoms with E-state index < -0.39 is 16.1 Å². The van der Waals surface area contributed by atoms with Crippen LogP contribution in [0.3, 0.4) is 0 Å². The Morgan fingerprint density at radius 2 is 1.64 bits per heavy atom. The van der Waals surface area contributed by atoms with E-state index in [0.717, 1.165) is 22.9 Å². The molecule has 1 amide bonds. The summed E-state index contributed by atoms with van der Waals surface area (Å²) in [7, 11) is -3.63. The normalized spacial score (nSPS) is 13.6. The third-order valence-electron chi connectivity index (χ3n) is 5.01. The van der Waals surface area contributed by atoms with E-state index in [0.29, 0.717) is 12.1 Å². The lowest BCUT2D eigenvalue weighted by atomic mass is 10.0. The van der Waals surface area contributed by atoms with Crippen LogP contribution >= 0.6 is 0 Å². The summed E-state index contributed by atoms with van der Waals surface area (Å²) in [5.74, 6) is -0.306. The minimum atomic E-state index is -3.63. The highest BCUT2D eigenvalue weighted by atomic mass is 32.2. The van der Waals surface area contributed by atoms with Crippen molar-refractivity contribution < 1.29 is 13.2 Å². The van der Waals surface area contributed by atoms with Crippen LogP contribution in [0.2, 0.25) is 0 Å². The Morgan fingerprint density at radius 1 is 1.04 bits per heavy atom. The fourth-order valence-corrected chi connectivity index (χ4v) is 4.39. The Bertz CT molecular complexity index is 937. The second-order valence-corrected chi connectivity index (χ2v) is 9.25. The number of amides is 1. The molecular weight excluding hydrogens is 372 g/mol. The molecule has 0 aliphatic carbocycles. The molecule has 0 aliphatic rings. The molecule has 1 N–H and O–H groups in total. The van der Waals surface area contributed by atoms with Gasteiger partial charge in [-0.1, -0.05) is 42.8 Å². The number of carbonyl (C=O) groups excluding carboxylic acids is 1. The fraction of sp³-hybridized carbons (Fsp3) is 0.409. The van der Waals surface area contributed by atoms with E-state index in [2.05, 4.69) is 11.4 Å². The van der Waals surface area contributed by atoms with Gasteiger partial charge < -0.3 is 5.32 Å². The second-order valence-electron chi connectivity index (χ2n) is 7.39. The lowest BCUT2D eigenvalue weighted by molar-refractivity contribution is -0.122. The van der Waals surface area contributed by atoms with Crippen LogP contribution in [0.5, 0.6) is 0 Å². The molecule has 2 aromatic carbocycles. The quantitative estimate of drug-likeness (QED) is 0.760. The minimum Gasteiger partial charge on any atom is -0.348 e. The van der Waals surface area contributed by atoms with Crippen LogP contribution in [0.15, 0.2) is 42.5 Å². The molecule has 0 heterocycles. The van der Waals surface area contributed by atoms with Crippen molar-refractivity contribution in [2.45, 2.75) is 53.1 Å². The Balaban J connectivity index is 2.30.